The van der Waals surface area contributed by atoms with E-state index in [-0.39, 0.29) is 11.6 Å². The molecule has 23 heavy (non-hydrogen) atoms. The minimum absolute atomic E-state index is 0.0410. The van der Waals surface area contributed by atoms with Crippen molar-refractivity contribution in [3.63, 3.8) is 0 Å². The Hall–Kier alpha value is -2.89. The molecule has 0 bridgehead atoms. The summed E-state index contributed by atoms with van der Waals surface area (Å²) in [5.74, 6) is 0.633. The number of nitrogens with one attached hydrogen (secondary N) is 1. The quantitative estimate of drug-likeness (QED) is 0.480. The minimum Gasteiger partial charge on any atom is -0.494 e. The number of nitro groups is 1. The van der Waals surface area contributed by atoms with E-state index < -0.39 is 4.92 Å². The van der Waals surface area contributed by atoms with E-state index >= 15 is 0 Å². The Labute approximate surface area is 134 Å². The van der Waals surface area contributed by atoms with Gasteiger partial charge in [0.15, 0.2) is 0 Å². The number of anilines is 1. The van der Waals surface area contributed by atoms with Crippen LogP contribution in [0.4, 0.5) is 11.4 Å². The predicted octanol–water partition coefficient (Wildman–Crippen LogP) is 3.70. The van der Waals surface area contributed by atoms with Crippen molar-refractivity contribution in [2.45, 2.75) is 19.8 Å². The van der Waals surface area contributed by atoms with Gasteiger partial charge in [-0.2, -0.15) is 0 Å². The van der Waals surface area contributed by atoms with Crippen molar-refractivity contribution < 1.29 is 14.5 Å². The third kappa shape index (κ3) is 5.10. The molecule has 6 nitrogen and oxygen atoms in total. The molecule has 2 aromatic carbocycles. The number of hydrogen-bond acceptors (Lipinski definition) is 4. The van der Waals surface area contributed by atoms with Crippen molar-refractivity contribution in [1.29, 1.82) is 0 Å². The molecule has 0 saturated heterocycles. The fourth-order valence-electron chi connectivity index (χ4n) is 2.10. The zero-order valence-corrected chi connectivity index (χ0v) is 12.8. The summed E-state index contributed by atoms with van der Waals surface area (Å²) in [7, 11) is 0. The molecule has 0 atom stereocenters. The first-order valence-corrected chi connectivity index (χ1v) is 7.29. The smallest absolute Gasteiger partial charge is 0.272 e. The van der Waals surface area contributed by atoms with E-state index in [9.17, 15) is 14.9 Å². The molecule has 0 aliphatic carbocycles. The van der Waals surface area contributed by atoms with Gasteiger partial charge in [-0.25, -0.2) is 0 Å². The second kappa shape index (κ2) is 7.93. The van der Waals surface area contributed by atoms with E-state index in [1.807, 2.05) is 30.3 Å². The van der Waals surface area contributed by atoms with Crippen molar-refractivity contribution in [1.82, 2.24) is 0 Å². The second-order valence-electron chi connectivity index (χ2n) is 5.07. The summed E-state index contributed by atoms with van der Waals surface area (Å²) in [5, 5.41) is 13.5. The van der Waals surface area contributed by atoms with Gasteiger partial charge in [-0.3, -0.25) is 14.9 Å². The number of carbonyl (C=O) groups excluding carboxylic acids is 1. The van der Waals surface area contributed by atoms with Crippen molar-refractivity contribution in [2.75, 3.05) is 11.9 Å². The maximum atomic E-state index is 11.9. The van der Waals surface area contributed by atoms with Gasteiger partial charge in [0.2, 0.25) is 5.91 Å². The monoisotopic (exact) mass is 314 g/mol. The van der Waals surface area contributed by atoms with Crippen LogP contribution in [0.3, 0.4) is 0 Å². The Morgan fingerprint density at radius 2 is 1.96 bits per heavy atom. The van der Waals surface area contributed by atoms with Gasteiger partial charge in [0.25, 0.3) is 5.69 Å². The molecule has 0 aliphatic rings. The minimum atomic E-state index is -0.443. The molecule has 2 rings (SSSR count). The average Bonchev–Trinajstić information content (AvgIpc) is 2.52. The summed E-state index contributed by atoms with van der Waals surface area (Å²) >= 11 is 0. The SMILES string of the molecule is Cc1cc(NC(=O)CCCOc2ccccc2)ccc1[N+](=O)[O-]. The first kappa shape index (κ1) is 16.5. The van der Waals surface area contributed by atoms with Gasteiger partial charge in [0, 0.05) is 23.7 Å². The topological polar surface area (TPSA) is 81.5 Å². The molecule has 6 heteroatoms. The molecule has 0 heterocycles. The van der Waals surface area contributed by atoms with Crippen LogP contribution < -0.4 is 10.1 Å². The maximum absolute atomic E-state index is 11.9. The lowest BCUT2D eigenvalue weighted by Gasteiger charge is -2.07. The summed E-state index contributed by atoms with van der Waals surface area (Å²) in [6.45, 7) is 2.10. The van der Waals surface area contributed by atoms with Crippen molar-refractivity contribution in [2.24, 2.45) is 0 Å². The van der Waals surface area contributed by atoms with Crippen LogP contribution in [0.25, 0.3) is 0 Å². The van der Waals surface area contributed by atoms with E-state index in [1.54, 1.807) is 13.0 Å². The highest BCUT2D eigenvalue weighted by atomic mass is 16.6. The summed E-state index contributed by atoms with van der Waals surface area (Å²) < 4.78 is 5.51. The highest BCUT2D eigenvalue weighted by Crippen LogP contribution is 2.21. The van der Waals surface area contributed by atoms with Crippen LogP contribution in [0.1, 0.15) is 18.4 Å². The third-order valence-corrected chi connectivity index (χ3v) is 3.24. The van der Waals surface area contributed by atoms with E-state index in [2.05, 4.69) is 5.32 Å². The fraction of sp³-hybridized carbons (Fsp3) is 0.235. The van der Waals surface area contributed by atoms with Gasteiger partial charge in [-0.1, -0.05) is 18.2 Å². The van der Waals surface area contributed by atoms with E-state index in [0.717, 1.165) is 5.75 Å². The number of ether oxygens (including phenoxy) is 1. The molecule has 1 N–H and O–H groups in total. The lowest BCUT2D eigenvalue weighted by Crippen LogP contribution is -2.13. The molecule has 2 aromatic rings. The van der Waals surface area contributed by atoms with Gasteiger partial charge in [0.1, 0.15) is 5.75 Å². The number of hydrogen-bond donors (Lipinski definition) is 1. The first-order valence-electron chi connectivity index (χ1n) is 7.29. The Bertz CT molecular complexity index is 686. The summed E-state index contributed by atoms with van der Waals surface area (Å²) in [5.41, 5.74) is 1.11. The Morgan fingerprint density at radius 1 is 1.22 bits per heavy atom. The number of rotatable bonds is 7. The Balaban J connectivity index is 1.76. The number of benzene rings is 2. The Kier molecular flexibility index (Phi) is 5.68. The molecule has 0 unspecified atom stereocenters. The zero-order chi connectivity index (χ0) is 16.7. The molecule has 0 aliphatic heterocycles. The van der Waals surface area contributed by atoms with Crippen molar-refractivity contribution in [3.8, 4) is 5.75 Å². The van der Waals surface area contributed by atoms with Crippen molar-refractivity contribution in [3.05, 3.63) is 64.2 Å². The lowest BCUT2D eigenvalue weighted by atomic mass is 10.2. The summed E-state index contributed by atoms with van der Waals surface area (Å²) in [6.07, 6.45) is 0.912. The van der Waals surface area contributed by atoms with Gasteiger partial charge >= 0.3 is 0 Å². The van der Waals surface area contributed by atoms with Crippen LogP contribution in [-0.2, 0) is 4.79 Å². The molecule has 0 saturated carbocycles. The summed E-state index contributed by atoms with van der Waals surface area (Å²) in [6, 6.07) is 13.9. The van der Waals surface area contributed by atoms with Crippen LogP contribution >= 0.6 is 0 Å². The number of nitro benzene ring substituents is 1. The summed E-state index contributed by atoms with van der Waals surface area (Å²) in [4.78, 5) is 22.2. The van der Waals surface area contributed by atoms with E-state index in [1.165, 1.54) is 12.1 Å². The molecule has 0 aromatic heterocycles. The highest BCUT2D eigenvalue weighted by molar-refractivity contribution is 5.90. The van der Waals surface area contributed by atoms with Crippen LogP contribution in [0, 0.1) is 17.0 Å². The number of nitrogens with zero attached hydrogens (tertiary/aromatic N) is 1. The molecule has 0 spiro atoms. The van der Waals surface area contributed by atoms with Crippen molar-refractivity contribution >= 4 is 17.3 Å². The molecule has 0 fully saturated rings. The largest absolute Gasteiger partial charge is 0.494 e. The van der Waals surface area contributed by atoms with Gasteiger partial charge in [-0.15, -0.1) is 0 Å². The maximum Gasteiger partial charge on any atom is 0.272 e. The first-order chi connectivity index (χ1) is 11.1. The third-order valence-electron chi connectivity index (χ3n) is 3.24. The normalized spacial score (nSPS) is 10.1. The van der Waals surface area contributed by atoms with Gasteiger partial charge in [-0.05, 0) is 37.6 Å². The molecular weight excluding hydrogens is 296 g/mol. The zero-order valence-electron chi connectivity index (χ0n) is 12.8. The van der Waals surface area contributed by atoms with Crippen LogP contribution in [0.5, 0.6) is 5.75 Å². The van der Waals surface area contributed by atoms with Crippen LogP contribution in [0.15, 0.2) is 48.5 Å². The van der Waals surface area contributed by atoms with Crippen LogP contribution in [-0.4, -0.2) is 17.4 Å². The number of aryl methyl sites for hydroxylation is 1. The lowest BCUT2D eigenvalue weighted by molar-refractivity contribution is -0.385. The van der Waals surface area contributed by atoms with E-state index in [4.69, 9.17) is 4.74 Å². The number of amides is 1. The Morgan fingerprint density at radius 3 is 2.61 bits per heavy atom. The van der Waals surface area contributed by atoms with E-state index in [0.29, 0.717) is 30.7 Å². The van der Waals surface area contributed by atoms with Gasteiger partial charge < -0.3 is 10.1 Å². The fourth-order valence-corrected chi connectivity index (χ4v) is 2.10. The molecule has 120 valence electrons. The van der Waals surface area contributed by atoms with Crippen LogP contribution in [0.2, 0.25) is 0 Å². The average molecular weight is 314 g/mol. The number of para-hydroxylation sites is 1. The predicted molar refractivity (Wildman–Crippen MR) is 87.6 cm³/mol. The highest BCUT2D eigenvalue weighted by Gasteiger charge is 2.11. The standard InChI is InChI=1S/C17H18N2O4/c1-13-12-14(9-10-16(13)19(21)22)18-17(20)8-5-11-23-15-6-3-2-4-7-15/h2-4,6-7,9-10,12H,5,8,11H2,1H3,(H,18,20). The molecular formula is C17H18N2O4. The molecule has 0 radical (unpaired) electrons. The molecule has 1 amide bonds. The van der Waals surface area contributed by atoms with Gasteiger partial charge in [0.05, 0.1) is 11.5 Å². The number of carbonyl (C=O) groups is 1. The second-order valence-corrected chi connectivity index (χ2v) is 5.07.